The largest absolute Gasteiger partial charge is 0.444 e. The molecule has 2 aliphatic rings. The summed E-state index contributed by atoms with van der Waals surface area (Å²) < 4.78 is 5.50. The summed E-state index contributed by atoms with van der Waals surface area (Å²) in [6.07, 6.45) is 8.48. The van der Waals surface area contributed by atoms with Crippen molar-refractivity contribution in [2.45, 2.75) is 76.9 Å². The van der Waals surface area contributed by atoms with E-state index in [1.54, 1.807) is 11.2 Å². The third kappa shape index (κ3) is 5.06. The van der Waals surface area contributed by atoms with Crippen LogP contribution in [0.5, 0.6) is 0 Å². The maximum Gasteiger partial charge on any atom is 0.410 e. The second kappa shape index (κ2) is 7.58. The first kappa shape index (κ1) is 18.0. The Labute approximate surface area is 150 Å². The zero-order valence-corrected chi connectivity index (χ0v) is 15.6. The number of nitrogens with zero attached hydrogens (tertiary/aromatic N) is 3. The van der Waals surface area contributed by atoms with E-state index >= 15 is 0 Å². The number of hydrogen-bond donors (Lipinski definition) is 1. The second-order valence-corrected chi connectivity index (χ2v) is 8.22. The van der Waals surface area contributed by atoms with Crippen LogP contribution in [0, 0.1) is 0 Å². The molecule has 1 aromatic heterocycles. The van der Waals surface area contributed by atoms with Crippen LogP contribution in [-0.4, -0.2) is 45.7 Å². The minimum atomic E-state index is -0.458. The van der Waals surface area contributed by atoms with Gasteiger partial charge < -0.3 is 15.0 Å². The molecule has 1 aromatic rings. The van der Waals surface area contributed by atoms with Crippen molar-refractivity contribution in [2.75, 3.05) is 18.4 Å². The topological polar surface area (TPSA) is 67.3 Å². The Kier molecular flexibility index (Phi) is 5.45. The van der Waals surface area contributed by atoms with Crippen molar-refractivity contribution in [2.24, 2.45) is 0 Å². The molecule has 1 aliphatic heterocycles. The first-order valence-corrected chi connectivity index (χ1v) is 9.47. The van der Waals surface area contributed by atoms with Crippen molar-refractivity contribution in [3.8, 4) is 0 Å². The van der Waals surface area contributed by atoms with Gasteiger partial charge in [0.05, 0.1) is 0 Å². The van der Waals surface area contributed by atoms with Crippen LogP contribution in [0.1, 0.15) is 70.9 Å². The SMILES string of the molecule is CC(C)(C)OC(=O)N1CCCC(Nc2cc(C3CCCC3)ncn2)C1. The van der Waals surface area contributed by atoms with Gasteiger partial charge in [-0.2, -0.15) is 0 Å². The zero-order chi connectivity index (χ0) is 17.9. The van der Waals surface area contributed by atoms with Crippen molar-refractivity contribution in [1.29, 1.82) is 0 Å². The summed E-state index contributed by atoms with van der Waals surface area (Å²) in [7, 11) is 0. The molecule has 1 saturated carbocycles. The predicted octanol–water partition coefficient (Wildman–Crippen LogP) is 3.95. The predicted molar refractivity (Wildman–Crippen MR) is 97.7 cm³/mol. The molecule has 1 aliphatic carbocycles. The van der Waals surface area contributed by atoms with Crippen molar-refractivity contribution >= 4 is 11.9 Å². The molecular formula is C19H30N4O2. The van der Waals surface area contributed by atoms with E-state index in [9.17, 15) is 4.79 Å². The fourth-order valence-electron chi connectivity index (χ4n) is 3.69. The van der Waals surface area contributed by atoms with Crippen LogP contribution < -0.4 is 5.32 Å². The van der Waals surface area contributed by atoms with E-state index in [0.29, 0.717) is 12.5 Å². The van der Waals surface area contributed by atoms with Gasteiger partial charge >= 0.3 is 6.09 Å². The third-order valence-electron chi connectivity index (χ3n) is 4.89. The van der Waals surface area contributed by atoms with Crippen LogP contribution in [0.3, 0.4) is 0 Å². The summed E-state index contributed by atoms with van der Waals surface area (Å²) in [5.41, 5.74) is 0.690. The zero-order valence-electron chi connectivity index (χ0n) is 15.6. The highest BCUT2D eigenvalue weighted by Gasteiger charge is 2.28. The van der Waals surface area contributed by atoms with Crippen LogP contribution in [0.4, 0.5) is 10.6 Å². The summed E-state index contributed by atoms with van der Waals surface area (Å²) >= 11 is 0. The van der Waals surface area contributed by atoms with E-state index in [1.807, 2.05) is 20.8 Å². The number of amides is 1. The number of nitrogens with one attached hydrogen (secondary N) is 1. The fourth-order valence-corrected chi connectivity index (χ4v) is 3.69. The quantitative estimate of drug-likeness (QED) is 0.898. The van der Waals surface area contributed by atoms with Gasteiger partial charge in [-0.15, -0.1) is 0 Å². The molecule has 2 heterocycles. The van der Waals surface area contributed by atoms with E-state index in [4.69, 9.17) is 4.74 Å². The number of ether oxygens (including phenoxy) is 1. The number of likely N-dealkylation sites (tertiary alicyclic amines) is 1. The molecule has 0 aromatic carbocycles. The Balaban J connectivity index is 1.59. The lowest BCUT2D eigenvalue weighted by molar-refractivity contribution is 0.0206. The Morgan fingerprint density at radius 3 is 2.68 bits per heavy atom. The van der Waals surface area contributed by atoms with Crippen molar-refractivity contribution in [3.63, 3.8) is 0 Å². The molecule has 25 heavy (non-hydrogen) atoms. The van der Waals surface area contributed by atoms with Crippen LogP contribution in [0.2, 0.25) is 0 Å². The number of aromatic nitrogens is 2. The summed E-state index contributed by atoms with van der Waals surface area (Å²) in [5, 5.41) is 3.49. The Morgan fingerprint density at radius 1 is 1.20 bits per heavy atom. The number of piperidine rings is 1. The molecule has 1 amide bonds. The van der Waals surface area contributed by atoms with E-state index in [-0.39, 0.29) is 12.1 Å². The summed E-state index contributed by atoms with van der Waals surface area (Å²) in [4.78, 5) is 22.9. The van der Waals surface area contributed by atoms with Gasteiger partial charge in [-0.25, -0.2) is 14.8 Å². The van der Waals surface area contributed by atoms with Gasteiger partial charge in [0.1, 0.15) is 17.7 Å². The smallest absolute Gasteiger partial charge is 0.410 e. The molecular weight excluding hydrogens is 316 g/mol. The summed E-state index contributed by atoms with van der Waals surface area (Å²) in [5.74, 6) is 1.45. The Hall–Kier alpha value is -1.85. The van der Waals surface area contributed by atoms with Crippen molar-refractivity contribution in [1.82, 2.24) is 14.9 Å². The maximum absolute atomic E-state index is 12.3. The lowest BCUT2D eigenvalue weighted by Gasteiger charge is -2.34. The minimum absolute atomic E-state index is 0.201. The first-order valence-electron chi connectivity index (χ1n) is 9.47. The van der Waals surface area contributed by atoms with Gasteiger partial charge in [0, 0.05) is 36.8 Å². The van der Waals surface area contributed by atoms with Gasteiger partial charge in [0.25, 0.3) is 0 Å². The number of anilines is 1. The van der Waals surface area contributed by atoms with Gasteiger partial charge in [-0.1, -0.05) is 12.8 Å². The molecule has 1 N–H and O–H groups in total. The van der Waals surface area contributed by atoms with E-state index in [1.165, 1.54) is 25.7 Å². The Morgan fingerprint density at radius 2 is 1.96 bits per heavy atom. The molecule has 1 unspecified atom stereocenters. The standard InChI is InChI=1S/C19H30N4O2/c1-19(2,3)25-18(24)23-10-6-9-15(12-23)22-17-11-16(20-13-21-17)14-7-4-5-8-14/h11,13-15H,4-10,12H2,1-3H3,(H,20,21,22). The molecule has 6 heteroatoms. The summed E-state index contributed by atoms with van der Waals surface area (Å²) in [6.45, 7) is 7.10. The number of carbonyl (C=O) groups excluding carboxylic acids is 1. The van der Waals surface area contributed by atoms with Gasteiger partial charge in [-0.3, -0.25) is 0 Å². The fraction of sp³-hybridized carbons (Fsp3) is 0.737. The van der Waals surface area contributed by atoms with Crippen molar-refractivity contribution in [3.05, 3.63) is 18.1 Å². The van der Waals surface area contributed by atoms with E-state index in [0.717, 1.165) is 30.9 Å². The van der Waals surface area contributed by atoms with Crippen LogP contribution in [0.25, 0.3) is 0 Å². The lowest BCUT2D eigenvalue weighted by Crippen LogP contribution is -2.47. The third-order valence-corrected chi connectivity index (χ3v) is 4.89. The molecule has 1 atom stereocenters. The molecule has 2 fully saturated rings. The van der Waals surface area contributed by atoms with Gasteiger partial charge in [0.15, 0.2) is 0 Å². The molecule has 0 spiro atoms. The second-order valence-electron chi connectivity index (χ2n) is 8.22. The molecule has 3 rings (SSSR count). The minimum Gasteiger partial charge on any atom is -0.444 e. The molecule has 0 bridgehead atoms. The molecule has 6 nitrogen and oxygen atoms in total. The maximum atomic E-state index is 12.3. The lowest BCUT2D eigenvalue weighted by atomic mass is 10.0. The van der Waals surface area contributed by atoms with Gasteiger partial charge in [-0.05, 0) is 46.5 Å². The number of hydrogen-bond acceptors (Lipinski definition) is 5. The first-order chi connectivity index (χ1) is 11.9. The van der Waals surface area contributed by atoms with Crippen LogP contribution >= 0.6 is 0 Å². The van der Waals surface area contributed by atoms with Crippen molar-refractivity contribution < 1.29 is 9.53 Å². The van der Waals surface area contributed by atoms with Crippen LogP contribution in [-0.2, 0) is 4.74 Å². The van der Waals surface area contributed by atoms with E-state index in [2.05, 4.69) is 21.4 Å². The summed E-state index contributed by atoms with van der Waals surface area (Å²) in [6, 6.07) is 2.29. The van der Waals surface area contributed by atoms with Crippen LogP contribution in [0.15, 0.2) is 12.4 Å². The molecule has 1 saturated heterocycles. The highest BCUT2D eigenvalue weighted by atomic mass is 16.6. The number of rotatable bonds is 3. The molecule has 0 radical (unpaired) electrons. The Bertz CT molecular complexity index is 593. The van der Waals surface area contributed by atoms with E-state index < -0.39 is 5.60 Å². The normalized spacial score (nSPS) is 22.0. The molecule has 138 valence electrons. The highest BCUT2D eigenvalue weighted by molar-refractivity contribution is 5.68. The average molecular weight is 346 g/mol. The number of carbonyl (C=O) groups is 1. The van der Waals surface area contributed by atoms with Gasteiger partial charge in [0.2, 0.25) is 0 Å². The monoisotopic (exact) mass is 346 g/mol. The highest BCUT2D eigenvalue weighted by Crippen LogP contribution is 2.33. The average Bonchev–Trinajstić information content (AvgIpc) is 3.08.